The maximum Gasteiger partial charge on any atom is 0.177 e. The van der Waals surface area contributed by atoms with Crippen LogP contribution in [0.5, 0.6) is 5.75 Å². The van der Waals surface area contributed by atoms with Crippen LogP contribution in [0.3, 0.4) is 0 Å². The van der Waals surface area contributed by atoms with E-state index in [1.54, 1.807) is 0 Å². The van der Waals surface area contributed by atoms with Crippen molar-refractivity contribution in [2.75, 3.05) is 0 Å². The van der Waals surface area contributed by atoms with Gasteiger partial charge >= 0.3 is 0 Å². The van der Waals surface area contributed by atoms with E-state index in [-0.39, 0.29) is 11.1 Å². The fraction of sp³-hybridized carbons (Fsp3) is 0.400. The van der Waals surface area contributed by atoms with E-state index in [0.29, 0.717) is 5.75 Å². The Kier molecular flexibility index (Phi) is 2.59. The summed E-state index contributed by atoms with van der Waals surface area (Å²) in [6.45, 7) is 0. The van der Waals surface area contributed by atoms with Crippen LogP contribution in [0.4, 0.5) is 8.78 Å². The van der Waals surface area contributed by atoms with Gasteiger partial charge in [-0.05, 0) is 19.3 Å². The molecule has 0 heterocycles. The van der Waals surface area contributed by atoms with Crippen molar-refractivity contribution in [1.82, 2.24) is 0 Å². The Morgan fingerprint density at radius 2 is 2.00 bits per heavy atom. The van der Waals surface area contributed by atoms with Gasteiger partial charge in [-0.3, -0.25) is 0 Å². The lowest BCUT2D eigenvalue weighted by molar-refractivity contribution is 0.119. The van der Waals surface area contributed by atoms with E-state index in [1.165, 1.54) is 6.07 Å². The highest BCUT2D eigenvalue weighted by atomic mass is 35.5. The van der Waals surface area contributed by atoms with Gasteiger partial charge in [-0.15, -0.1) is 0 Å². The second-order valence-electron chi connectivity index (χ2n) is 3.37. The minimum atomic E-state index is -1.02. The molecule has 0 atom stereocenters. The third kappa shape index (κ3) is 1.82. The molecule has 2 rings (SSSR count). The van der Waals surface area contributed by atoms with Gasteiger partial charge in [0.25, 0.3) is 0 Å². The van der Waals surface area contributed by atoms with Crippen molar-refractivity contribution in [2.45, 2.75) is 25.4 Å². The van der Waals surface area contributed by atoms with E-state index in [0.717, 1.165) is 25.3 Å². The van der Waals surface area contributed by atoms with Crippen molar-refractivity contribution in [2.24, 2.45) is 0 Å². The lowest BCUT2D eigenvalue weighted by atomic mass is 9.96. The molecule has 0 N–H and O–H groups in total. The van der Waals surface area contributed by atoms with Crippen LogP contribution in [0.2, 0.25) is 5.02 Å². The minimum Gasteiger partial charge on any atom is -0.490 e. The van der Waals surface area contributed by atoms with Crippen molar-refractivity contribution in [3.8, 4) is 5.75 Å². The van der Waals surface area contributed by atoms with Gasteiger partial charge in [0, 0.05) is 12.1 Å². The Hall–Kier alpha value is -0.830. The highest BCUT2D eigenvalue weighted by Crippen LogP contribution is 2.29. The van der Waals surface area contributed by atoms with Gasteiger partial charge in [-0.1, -0.05) is 11.6 Å². The zero-order valence-electron chi connectivity index (χ0n) is 7.40. The fourth-order valence-corrected chi connectivity index (χ4v) is 1.48. The van der Waals surface area contributed by atoms with Gasteiger partial charge in [-0.25, -0.2) is 8.78 Å². The lowest BCUT2D eigenvalue weighted by Crippen LogP contribution is -2.24. The molecule has 4 heteroatoms. The summed E-state index contributed by atoms with van der Waals surface area (Å²) < 4.78 is 31.0. The topological polar surface area (TPSA) is 9.23 Å². The predicted octanol–water partition coefficient (Wildman–Crippen LogP) is 3.55. The maximum absolute atomic E-state index is 12.9. The molecule has 0 saturated heterocycles. The Morgan fingerprint density at radius 1 is 1.29 bits per heavy atom. The summed E-state index contributed by atoms with van der Waals surface area (Å²) in [5.41, 5.74) is 0. The molecular formula is C10H9ClF2O. The van der Waals surface area contributed by atoms with Crippen LogP contribution in [0.25, 0.3) is 0 Å². The molecule has 1 aromatic carbocycles. The van der Waals surface area contributed by atoms with Crippen LogP contribution in [0.1, 0.15) is 19.3 Å². The Balaban J connectivity index is 2.17. The lowest BCUT2D eigenvalue weighted by Gasteiger charge is -2.26. The van der Waals surface area contributed by atoms with Crippen LogP contribution in [0, 0.1) is 11.6 Å². The third-order valence-corrected chi connectivity index (χ3v) is 2.59. The molecule has 14 heavy (non-hydrogen) atoms. The SMILES string of the molecule is Fc1cc(OC2CCC2)cc(Cl)c1F. The quantitative estimate of drug-likeness (QED) is 0.690. The van der Waals surface area contributed by atoms with Gasteiger partial charge in [0.15, 0.2) is 11.6 Å². The van der Waals surface area contributed by atoms with Crippen LogP contribution < -0.4 is 4.74 Å². The molecule has 0 bridgehead atoms. The van der Waals surface area contributed by atoms with Gasteiger partial charge in [0.1, 0.15) is 5.75 Å². The van der Waals surface area contributed by atoms with E-state index in [1.807, 2.05) is 0 Å². The summed E-state index contributed by atoms with van der Waals surface area (Å²) in [5, 5.41) is -0.237. The minimum absolute atomic E-state index is 0.135. The molecule has 0 amide bonds. The molecule has 0 aromatic heterocycles. The summed E-state index contributed by atoms with van der Waals surface area (Å²) in [7, 11) is 0. The highest BCUT2D eigenvalue weighted by molar-refractivity contribution is 6.30. The molecule has 1 aromatic rings. The van der Waals surface area contributed by atoms with E-state index < -0.39 is 11.6 Å². The molecular weight excluding hydrogens is 210 g/mol. The van der Waals surface area contributed by atoms with Crippen LogP contribution >= 0.6 is 11.6 Å². The Morgan fingerprint density at radius 3 is 2.50 bits per heavy atom. The molecule has 0 aliphatic heterocycles. The fourth-order valence-electron chi connectivity index (χ4n) is 1.28. The normalized spacial score (nSPS) is 16.5. The van der Waals surface area contributed by atoms with Crippen molar-refractivity contribution in [3.05, 3.63) is 28.8 Å². The van der Waals surface area contributed by atoms with Gasteiger partial charge in [0.05, 0.1) is 11.1 Å². The molecule has 76 valence electrons. The van der Waals surface area contributed by atoms with Gasteiger partial charge in [-0.2, -0.15) is 0 Å². The summed E-state index contributed by atoms with van der Waals surface area (Å²) in [6, 6.07) is 2.33. The van der Waals surface area contributed by atoms with Gasteiger partial charge in [0.2, 0.25) is 0 Å². The van der Waals surface area contributed by atoms with Crippen LogP contribution in [0.15, 0.2) is 12.1 Å². The summed E-state index contributed by atoms with van der Waals surface area (Å²) >= 11 is 5.47. The number of benzene rings is 1. The third-order valence-electron chi connectivity index (χ3n) is 2.31. The molecule has 1 fully saturated rings. The molecule has 1 aliphatic carbocycles. The first-order valence-electron chi connectivity index (χ1n) is 4.48. The molecule has 1 saturated carbocycles. The molecule has 1 aliphatic rings. The largest absolute Gasteiger partial charge is 0.490 e. The zero-order chi connectivity index (χ0) is 10.1. The number of ether oxygens (including phenoxy) is 1. The van der Waals surface area contributed by atoms with Crippen molar-refractivity contribution < 1.29 is 13.5 Å². The zero-order valence-corrected chi connectivity index (χ0v) is 8.15. The Labute approximate surface area is 85.6 Å². The van der Waals surface area contributed by atoms with Crippen molar-refractivity contribution >= 4 is 11.6 Å². The van der Waals surface area contributed by atoms with E-state index >= 15 is 0 Å². The van der Waals surface area contributed by atoms with Crippen molar-refractivity contribution in [1.29, 1.82) is 0 Å². The highest BCUT2D eigenvalue weighted by Gasteiger charge is 2.20. The maximum atomic E-state index is 12.9. The molecule has 0 unspecified atom stereocenters. The molecule has 0 spiro atoms. The average Bonchev–Trinajstić information content (AvgIpc) is 2.07. The number of hydrogen-bond acceptors (Lipinski definition) is 1. The standard InChI is InChI=1S/C10H9ClF2O/c11-8-4-7(5-9(12)10(8)13)14-6-2-1-3-6/h4-6H,1-3H2. The second-order valence-corrected chi connectivity index (χ2v) is 3.78. The van der Waals surface area contributed by atoms with Gasteiger partial charge < -0.3 is 4.74 Å². The molecule has 0 radical (unpaired) electrons. The first-order chi connectivity index (χ1) is 6.66. The second kappa shape index (κ2) is 3.73. The van der Waals surface area contributed by atoms with E-state index in [4.69, 9.17) is 16.3 Å². The summed E-state index contributed by atoms with van der Waals surface area (Å²) in [4.78, 5) is 0. The first-order valence-corrected chi connectivity index (χ1v) is 4.86. The number of rotatable bonds is 2. The first kappa shape index (κ1) is 9.71. The number of hydrogen-bond donors (Lipinski definition) is 0. The van der Waals surface area contributed by atoms with Crippen LogP contribution in [-0.2, 0) is 0 Å². The molecule has 1 nitrogen and oxygen atoms in total. The predicted molar refractivity (Wildman–Crippen MR) is 49.6 cm³/mol. The smallest absolute Gasteiger partial charge is 0.177 e. The van der Waals surface area contributed by atoms with Crippen LogP contribution in [-0.4, -0.2) is 6.10 Å². The number of halogens is 3. The Bertz CT molecular complexity index is 327. The van der Waals surface area contributed by atoms with E-state index in [2.05, 4.69) is 0 Å². The summed E-state index contributed by atoms with van der Waals surface area (Å²) in [5.74, 6) is -1.68. The van der Waals surface area contributed by atoms with E-state index in [9.17, 15) is 8.78 Å². The monoisotopic (exact) mass is 218 g/mol. The van der Waals surface area contributed by atoms with Crippen molar-refractivity contribution in [3.63, 3.8) is 0 Å². The average molecular weight is 219 g/mol. The summed E-state index contributed by atoms with van der Waals surface area (Å²) in [6.07, 6.45) is 3.20.